The average molecular weight is 351 g/mol. The molecule has 0 unspecified atom stereocenters. The zero-order valence-corrected chi connectivity index (χ0v) is 13.3. The second-order valence-corrected chi connectivity index (χ2v) is 6.67. The fourth-order valence-corrected chi connectivity index (χ4v) is 2.92. The molecule has 1 rings (SSSR count). The van der Waals surface area contributed by atoms with E-state index in [2.05, 4.69) is 27.6 Å². The van der Waals surface area contributed by atoms with Gasteiger partial charge < -0.3 is 10.5 Å². The van der Waals surface area contributed by atoms with Gasteiger partial charge in [-0.25, -0.2) is 13.1 Å². The first-order valence-corrected chi connectivity index (χ1v) is 8.37. The van der Waals surface area contributed by atoms with Crippen LogP contribution in [-0.4, -0.2) is 28.2 Å². The van der Waals surface area contributed by atoms with E-state index in [4.69, 9.17) is 10.5 Å². The van der Waals surface area contributed by atoms with Gasteiger partial charge in [0, 0.05) is 23.3 Å². The Kier molecular flexibility index (Phi) is 6.78. The first-order chi connectivity index (χ1) is 8.97. The van der Waals surface area contributed by atoms with Crippen LogP contribution in [0.5, 0.6) is 0 Å². The Morgan fingerprint density at radius 2 is 2.11 bits per heavy atom. The highest BCUT2D eigenvalue weighted by atomic mass is 79.9. The van der Waals surface area contributed by atoms with Crippen LogP contribution in [0.2, 0.25) is 0 Å². The summed E-state index contributed by atoms with van der Waals surface area (Å²) in [6.07, 6.45) is 2.04. The summed E-state index contributed by atoms with van der Waals surface area (Å²) in [6, 6.07) is 4.51. The molecule has 0 spiro atoms. The Morgan fingerprint density at radius 1 is 1.37 bits per heavy atom. The number of nitrogens with two attached hydrogens (primary N) is 1. The van der Waals surface area contributed by atoms with Gasteiger partial charge in [0.1, 0.15) is 0 Å². The number of hydrogen-bond acceptors (Lipinski definition) is 4. The Hall–Kier alpha value is -0.630. The van der Waals surface area contributed by atoms with E-state index in [-0.39, 0.29) is 11.4 Å². The van der Waals surface area contributed by atoms with E-state index in [1.807, 2.05) is 0 Å². The van der Waals surface area contributed by atoms with Gasteiger partial charge in [0.2, 0.25) is 10.0 Å². The normalized spacial score (nSPS) is 11.7. The first-order valence-electron chi connectivity index (χ1n) is 6.10. The number of rotatable bonds is 8. The summed E-state index contributed by atoms with van der Waals surface area (Å²) in [5.74, 6) is 0. The van der Waals surface area contributed by atoms with Crippen molar-refractivity contribution in [3.63, 3.8) is 0 Å². The van der Waals surface area contributed by atoms with Crippen LogP contribution in [-0.2, 0) is 14.8 Å². The molecule has 0 radical (unpaired) electrons. The molecule has 108 valence electrons. The van der Waals surface area contributed by atoms with Crippen LogP contribution < -0.4 is 10.5 Å². The molecule has 0 amide bonds. The molecule has 0 aliphatic heterocycles. The van der Waals surface area contributed by atoms with Gasteiger partial charge in [0.15, 0.2) is 0 Å². The molecule has 0 aromatic heterocycles. The highest BCUT2D eigenvalue weighted by molar-refractivity contribution is 9.10. The summed E-state index contributed by atoms with van der Waals surface area (Å²) >= 11 is 3.21. The Labute approximate surface area is 122 Å². The van der Waals surface area contributed by atoms with Crippen LogP contribution in [0, 0.1) is 0 Å². The van der Waals surface area contributed by atoms with Gasteiger partial charge in [-0.05, 0) is 40.5 Å². The van der Waals surface area contributed by atoms with E-state index < -0.39 is 10.0 Å². The molecule has 0 aliphatic carbocycles. The van der Waals surface area contributed by atoms with E-state index >= 15 is 0 Å². The largest absolute Gasteiger partial charge is 0.398 e. The van der Waals surface area contributed by atoms with Crippen LogP contribution in [0.25, 0.3) is 0 Å². The number of halogens is 1. The molecule has 0 saturated heterocycles. The van der Waals surface area contributed by atoms with Crippen molar-refractivity contribution in [3.05, 3.63) is 22.7 Å². The Bertz CT molecular complexity index is 506. The Morgan fingerprint density at radius 3 is 2.74 bits per heavy atom. The van der Waals surface area contributed by atoms with Gasteiger partial charge in [-0.3, -0.25) is 0 Å². The van der Waals surface area contributed by atoms with Crippen LogP contribution in [0.1, 0.15) is 19.8 Å². The third-order valence-electron chi connectivity index (χ3n) is 2.46. The van der Waals surface area contributed by atoms with Crippen molar-refractivity contribution >= 4 is 31.6 Å². The Balaban J connectivity index is 2.49. The van der Waals surface area contributed by atoms with Crippen molar-refractivity contribution in [2.45, 2.75) is 24.7 Å². The van der Waals surface area contributed by atoms with Gasteiger partial charge in [0.25, 0.3) is 0 Å². The average Bonchev–Trinajstić information content (AvgIpc) is 2.36. The molecule has 3 N–H and O–H groups in total. The van der Waals surface area contributed by atoms with Crippen molar-refractivity contribution in [1.29, 1.82) is 0 Å². The minimum Gasteiger partial charge on any atom is -0.398 e. The van der Waals surface area contributed by atoms with Crippen molar-refractivity contribution < 1.29 is 13.2 Å². The number of nitrogens with one attached hydrogen (secondary N) is 1. The number of anilines is 1. The SMILES string of the molecule is CCCCOCCNS(=O)(=O)c1ccc(N)c(Br)c1. The van der Waals surface area contributed by atoms with Crippen LogP contribution in [0.15, 0.2) is 27.6 Å². The van der Waals surface area contributed by atoms with Crippen molar-refractivity contribution in [2.75, 3.05) is 25.5 Å². The highest BCUT2D eigenvalue weighted by Gasteiger charge is 2.14. The van der Waals surface area contributed by atoms with E-state index in [1.54, 1.807) is 6.07 Å². The van der Waals surface area contributed by atoms with Crippen LogP contribution >= 0.6 is 15.9 Å². The first kappa shape index (κ1) is 16.4. The monoisotopic (exact) mass is 350 g/mol. The van der Waals surface area contributed by atoms with Crippen molar-refractivity contribution in [2.24, 2.45) is 0 Å². The topological polar surface area (TPSA) is 81.4 Å². The fourth-order valence-electron chi connectivity index (χ4n) is 1.36. The van der Waals surface area contributed by atoms with Crippen molar-refractivity contribution in [1.82, 2.24) is 4.72 Å². The summed E-state index contributed by atoms with van der Waals surface area (Å²) in [6.45, 7) is 3.36. The second-order valence-electron chi connectivity index (χ2n) is 4.05. The van der Waals surface area contributed by atoms with Gasteiger partial charge >= 0.3 is 0 Å². The predicted molar refractivity (Wildman–Crippen MR) is 79.5 cm³/mol. The molecule has 19 heavy (non-hydrogen) atoms. The molecule has 7 heteroatoms. The fraction of sp³-hybridized carbons (Fsp3) is 0.500. The summed E-state index contributed by atoms with van der Waals surface area (Å²) in [4.78, 5) is 0.183. The molecule has 5 nitrogen and oxygen atoms in total. The molecule has 0 heterocycles. The molecule has 0 aliphatic rings. The van der Waals surface area contributed by atoms with Crippen LogP contribution in [0.4, 0.5) is 5.69 Å². The number of unbranched alkanes of at least 4 members (excludes halogenated alkanes) is 1. The molecule has 1 aromatic rings. The van der Waals surface area contributed by atoms with Gasteiger partial charge in [0.05, 0.1) is 11.5 Å². The van der Waals surface area contributed by atoms with E-state index in [9.17, 15) is 8.42 Å². The quantitative estimate of drug-likeness (QED) is 0.555. The molecule has 0 atom stereocenters. The number of nitrogen functional groups attached to an aromatic ring is 1. The molecule has 1 aromatic carbocycles. The standard InChI is InChI=1S/C12H19BrN2O3S/c1-2-3-7-18-8-6-15-19(16,17)10-4-5-12(14)11(13)9-10/h4-5,9,15H,2-3,6-8,14H2,1H3. The number of hydrogen-bond donors (Lipinski definition) is 2. The molecular formula is C12H19BrN2O3S. The summed E-state index contributed by atoms with van der Waals surface area (Å²) < 4.78 is 32.3. The highest BCUT2D eigenvalue weighted by Crippen LogP contribution is 2.22. The molecular weight excluding hydrogens is 332 g/mol. The maximum Gasteiger partial charge on any atom is 0.240 e. The predicted octanol–water partition coefficient (Wildman–Crippen LogP) is 2.13. The minimum atomic E-state index is -3.51. The van der Waals surface area contributed by atoms with E-state index in [0.717, 1.165) is 12.8 Å². The lowest BCUT2D eigenvalue weighted by Gasteiger charge is -2.08. The number of benzene rings is 1. The minimum absolute atomic E-state index is 0.183. The van der Waals surface area contributed by atoms with Gasteiger partial charge in [-0.1, -0.05) is 13.3 Å². The van der Waals surface area contributed by atoms with E-state index in [0.29, 0.717) is 23.4 Å². The lowest BCUT2D eigenvalue weighted by atomic mass is 10.3. The lowest BCUT2D eigenvalue weighted by molar-refractivity contribution is 0.136. The third kappa shape index (κ3) is 5.48. The van der Waals surface area contributed by atoms with Gasteiger partial charge in [-0.15, -0.1) is 0 Å². The van der Waals surface area contributed by atoms with Crippen LogP contribution in [0.3, 0.4) is 0 Å². The molecule has 0 saturated carbocycles. The van der Waals surface area contributed by atoms with Gasteiger partial charge in [-0.2, -0.15) is 0 Å². The summed E-state index contributed by atoms with van der Waals surface area (Å²) in [5, 5.41) is 0. The molecule has 0 fully saturated rings. The number of ether oxygens (including phenoxy) is 1. The smallest absolute Gasteiger partial charge is 0.240 e. The molecule has 0 bridgehead atoms. The maximum atomic E-state index is 12.0. The second kappa shape index (κ2) is 7.84. The third-order valence-corrected chi connectivity index (χ3v) is 4.61. The zero-order chi connectivity index (χ0) is 14.3. The number of sulfonamides is 1. The zero-order valence-electron chi connectivity index (χ0n) is 10.9. The van der Waals surface area contributed by atoms with Crippen molar-refractivity contribution in [3.8, 4) is 0 Å². The maximum absolute atomic E-state index is 12.0. The lowest BCUT2D eigenvalue weighted by Crippen LogP contribution is -2.27. The van der Waals surface area contributed by atoms with E-state index in [1.165, 1.54) is 12.1 Å². The summed E-state index contributed by atoms with van der Waals surface area (Å²) in [5.41, 5.74) is 6.12. The summed E-state index contributed by atoms with van der Waals surface area (Å²) in [7, 11) is -3.51.